The summed E-state index contributed by atoms with van der Waals surface area (Å²) in [6.45, 7) is 5.27. The van der Waals surface area contributed by atoms with Gasteiger partial charge in [0, 0.05) is 36.7 Å². The van der Waals surface area contributed by atoms with Crippen molar-refractivity contribution in [2.24, 2.45) is 0 Å². The third kappa shape index (κ3) is 2.97. The highest BCUT2D eigenvalue weighted by Gasteiger charge is 2.33. The molecule has 0 aliphatic carbocycles. The van der Waals surface area contributed by atoms with Gasteiger partial charge in [-0.2, -0.15) is 0 Å². The highest BCUT2D eigenvalue weighted by molar-refractivity contribution is 5.97. The van der Waals surface area contributed by atoms with Crippen molar-refractivity contribution < 1.29 is 4.79 Å². The first-order chi connectivity index (χ1) is 14.1. The second-order valence-corrected chi connectivity index (χ2v) is 7.38. The zero-order chi connectivity index (χ0) is 20.0. The van der Waals surface area contributed by atoms with Gasteiger partial charge in [-0.1, -0.05) is 6.07 Å². The summed E-state index contributed by atoms with van der Waals surface area (Å²) in [5, 5.41) is 0. The second-order valence-electron chi connectivity index (χ2n) is 7.38. The van der Waals surface area contributed by atoms with Gasteiger partial charge in [0.15, 0.2) is 0 Å². The Morgan fingerprint density at radius 1 is 0.966 bits per heavy atom. The summed E-state index contributed by atoms with van der Waals surface area (Å²) in [5.74, 6) is -0.0185. The predicted octanol–water partition coefficient (Wildman–Crippen LogP) is 3.69. The third-order valence-corrected chi connectivity index (χ3v) is 5.59. The van der Waals surface area contributed by atoms with Gasteiger partial charge >= 0.3 is 0 Å². The molecule has 0 saturated carbocycles. The van der Waals surface area contributed by atoms with Crippen LogP contribution in [0.3, 0.4) is 0 Å². The Balaban J connectivity index is 1.58. The van der Waals surface area contributed by atoms with Crippen molar-refractivity contribution in [1.82, 2.24) is 24.4 Å². The van der Waals surface area contributed by atoms with Crippen molar-refractivity contribution in [3.8, 4) is 0 Å². The minimum atomic E-state index is -0.214. The Bertz CT molecular complexity index is 1210. The maximum Gasteiger partial charge on any atom is 0.254 e. The molecule has 0 N–H and O–H groups in total. The van der Waals surface area contributed by atoms with E-state index in [1.165, 1.54) is 0 Å². The van der Waals surface area contributed by atoms with Crippen molar-refractivity contribution in [2.75, 3.05) is 6.54 Å². The predicted molar refractivity (Wildman–Crippen MR) is 111 cm³/mol. The molecule has 1 aliphatic heterocycles. The Morgan fingerprint density at radius 3 is 2.59 bits per heavy atom. The summed E-state index contributed by atoms with van der Waals surface area (Å²) in [7, 11) is 0. The molecule has 6 heteroatoms. The number of carbonyl (C=O) groups is 1. The van der Waals surface area contributed by atoms with Crippen LogP contribution in [0.15, 0.2) is 60.9 Å². The van der Waals surface area contributed by atoms with Crippen molar-refractivity contribution >= 4 is 16.9 Å². The summed E-state index contributed by atoms with van der Waals surface area (Å²) >= 11 is 0. The quantitative estimate of drug-likeness (QED) is 0.530. The van der Waals surface area contributed by atoms with Crippen LogP contribution in [0.4, 0.5) is 0 Å². The molecule has 3 aromatic heterocycles. The van der Waals surface area contributed by atoms with Gasteiger partial charge < -0.3 is 9.47 Å². The fraction of sp³-hybridized carbons (Fsp3) is 0.217. The molecule has 1 aromatic carbocycles. The fourth-order valence-corrected chi connectivity index (χ4v) is 3.98. The first-order valence-corrected chi connectivity index (χ1v) is 9.74. The first-order valence-electron chi connectivity index (χ1n) is 9.74. The number of rotatable bonds is 2. The van der Waals surface area contributed by atoms with E-state index in [1.54, 1.807) is 6.20 Å². The average Bonchev–Trinajstić information content (AvgIpc) is 3.22. The molecule has 1 atom stereocenters. The van der Waals surface area contributed by atoms with Gasteiger partial charge in [-0.15, -0.1) is 0 Å². The molecule has 0 saturated heterocycles. The number of fused-ring (bicyclic) bond motifs is 2. The lowest BCUT2D eigenvalue weighted by Gasteiger charge is -2.36. The summed E-state index contributed by atoms with van der Waals surface area (Å²) in [5.41, 5.74) is 5.90. The fourth-order valence-electron chi connectivity index (χ4n) is 3.98. The van der Waals surface area contributed by atoms with Crippen molar-refractivity contribution in [2.45, 2.75) is 26.4 Å². The van der Waals surface area contributed by atoms with Crippen LogP contribution in [-0.2, 0) is 6.54 Å². The van der Waals surface area contributed by atoms with Crippen LogP contribution in [0.2, 0.25) is 0 Å². The maximum absolute atomic E-state index is 13.6. The van der Waals surface area contributed by atoms with E-state index in [0.717, 1.165) is 40.4 Å². The maximum atomic E-state index is 13.6. The van der Waals surface area contributed by atoms with Gasteiger partial charge in [-0.25, -0.2) is 9.97 Å². The van der Waals surface area contributed by atoms with Gasteiger partial charge in [0.05, 0.1) is 28.1 Å². The van der Waals surface area contributed by atoms with Crippen LogP contribution in [0.25, 0.3) is 11.0 Å². The van der Waals surface area contributed by atoms with E-state index < -0.39 is 0 Å². The molecule has 0 radical (unpaired) electrons. The molecule has 0 fully saturated rings. The molecule has 29 heavy (non-hydrogen) atoms. The first kappa shape index (κ1) is 17.6. The molecule has 4 heterocycles. The normalized spacial score (nSPS) is 16.1. The van der Waals surface area contributed by atoms with Crippen molar-refractivity contribution in [3.05, 3.63) is 89.3 Å². The van der Waals surface area contributed by atoms with Gasteiger partial charge in [0.1, 0.15) is 6.04 Å². The number of hydrogen-bond donors (Lipinski definition) is 0. The number of benzene rings is 1. The molecule has 0 spiro atoms. The van der Waals surface area contributed by atoms with E-state index in [1.807, 2.05) is 61.2 Å². The highest BCUT2D eigenvalue weighted by atomic mass is 16.2. The van der Waals surface area contributed by atoms with Gasteiger partial charge in [-0.05, 0) is 56.3 Å². The smallest absolute Gasteiger partial charge is 0.254 e. The van der Waals surface area contributed by atoms with Crippen LogP contribution < -0.4 is 0 Å². The minimum absolute atomic E-state index is 0.0185. The van der Waals surface area contributed by atoms with Gasteiger partial charge in [-0.3, -0.25) is 9.78 Å². The van der Waals surface area contributed by atoms with Gasteiger partial charge in [0.2, 0.25) is 0 Å². The molecule has 6 nitrogen and oxygen atoms in total. The molecular weight excluding hydrogens is 362 g/mol. The number of pyridine rings is 1. The topological polar surface area (TPSA) is 63.9 Å². The minimum Gasteiger partial charge on any atom is -0.347 e. The zero-order valence-corrected chi connectivity index (χ0v) is 16.4. The van der Waals surface area contributed by atoms with E-state index in [2.05, 4.69) is 31.8 Å². The Kier molecular flexibility index (Phi) is 4.12. The Labute approximate surface area is 168 Å². The molecule has 1 amide bonds. The summed E-state index contributed by atoms with van der Waals surface area (Å²) < 4.78 is 2.20. The number of amides is 1. The second kappa shape index (κ2) is 6.81. The number of aryl methyl sites for hydroxylation is 2. The molecule has 144 valence electrons. The van der Waals surface area contributed by atoms with Crippen LogP contribution in [0, 0.1) is 13.8 Å². The van der Waals surface area contributed by atoms with Crippen LogP contribution in [0.5, 0.6) is 0 Å². The standard InChI is InChI=1S/C23H21N5O/c1-15-16(2)26-20-14-17(8-9-18(20)25-15)23(29)28-13-12-27-11-5-7-21(27)22(28)19-6-3-4-10-24-19/h3-11,14,22H,12-13H2,1-2H3/t22-/m1/s1. The number of hydrogen-bond acceptors (Lipinski definition) is 4. The molecule has 1 aliphatic rings. The number of carbonyl (C=O) groups excluding carboxylic acids is 1. The van der Waals surface area contributed by atoms with Gasteiger partial charge in [0.25, 0.3) is 5.91 Å². The molecule has 0 bridgehead atoms. The monoisotopic (exact) mass is 383 g/mol. The molecular formula is C23H21N5O. The Hall–Kier alpha value is -3.54. The Morgan fingerprint density at radius 2 is 1.79 bits per heavy atom. The van der Waals surface area contributed by atoms with E-state index >= 15 is 0 Å². The van der Waals surface area contributed by atoms with Crippen LogP contribution in [0.1, 0.15) is 39.2 Å². The van der Waals surface area contributed by atoms with Crippen molar-refractivity contribution in [3.63, 3.8) is 0 Å². The van der Waals surface area contributed by atoms with Crippen molar-refractivity contribution in [1.29, 1.82) is 0 Å². The number of aromatic nitrogens is 4. The lowest BCUT2D eigenvalue weighted by Crippen LogP contribution is -2.42. The molecule has 0 unspecified atom stereocenters. The zero-order valence-electron chi connectivity index (χ0n) is 16.4. The van der Waals surface area contributed by atoms with E-state index in [0.29, 0.717) is 12.1 Å². The number of nitrogens with zero attached hydrogens (tertiary/aromatic N) is 5. The van der Waals surface area contributed by atoms with Crippen LogP contribution >= 0.6 is 0 Å². The third-order valence-electron chi connectivity index (χ3n) is 5.59. The van der Waals surface area contributed by atoms with E-state index in [9.17, 15) is 4.79 Å². The van der Waals surface area contributed by atoms with E-state index in [4.69, 9.17) is 0 Å². The molecule has 5 rings (SSSR count). The average molecular weight is 383 g/mol. The van der Waals surface area contributed by atoms with Crippen LogP contribution in [-0.4, -0.2) is 36.9 Å². The lowest BCUT2D eigenvalue weighted by atomic mass is 10.0. The summed E-state index contributed by atoms with van der Waals surface area (Å²) in [6, 6.07) is 15.3. The summed E-state index contributed by atoms with van der Waals surface area (Å²) in [4.78, 5) is 29.2. The molecule has 4 aromatic rings. The largest absolute Gasteiger partial charge is 0.347 e. The lowest BCUT2D eigenvalue weighted by molar-refractivity contribution is 0.0660. The SMILES string of the molecule is Cc1nc2ccc(C(=O)N3CCn4cccc4[C@H]3c3ccccn3)cc2nc1C. The van der Waals surface area contributed by atoms with E-state index in [-0.39, 0.29) is 11.9 Å². The highest BCUT2D eigenvalue weighted by Crippen LogP contribution is 2.32. The summed E-state index contributed by atoms with van der Waals surface area (Å²) in [6.07, 6.45) is 3.83.